The van der Waals surface area contributed by atoms with E-state index in [0.717, 1.165) is 5.75 Å². The van der Waals surface area contributed by atoms with Crippen molar-refractivity contribution in [3.63, 3.8) is 0 Å². The van der Waals surface area contributed by atoms with Crippen LogP contribution in [-0.2, 0) is 6.54 Å². The lowest BCUT2D eigenvalue weighted by atomic mass is 10.1. The van der Waals surface area contributed by atoms with Crippen LogP contribution in [0.2, 0.25) is 0 Å². The van der Waals surface area contributed by atoms with Gasteiger partial charge < -0.3 is 21.7 Å². The Kier molecular flexibility index (Phi) is 5.45. The van der Waals surface area contributed by atoms with E-state index in [1.165, 1.54) is 0 Å². The van der Waals surface area contributed by atoms with Crippen LogP contribution in [0, 0.1) is 0 Å². The Bertz CT molecular complexity index is 500. The van der Waals surface area contributed by atoms with Crippen LogP contribution < -0.4 is 26.4 Å². The second-order valence-corrected chi connectivity index (χ2v) is 3.55. The quantitative estimate of drug-likeness (QED) is 0.498. The third kappa shape index (κ3) is 3.63. The number of Topliss-reactive ketones (excluding diaryl/α,β-unsaturated/α-hetero) is 1. The molecule has 0 saturated heterocycles. The molecule has 0 amide bonds. The maximum absolute atomic E-state index is 11.9. The number of ether oxygens (including phenoxy) is 1. The topological polar surface area (TPSA) is 43.1 Å². The van der Waals surface area contributed by atoms with Gasteiger partial charge in [0, 0.05) is 11.6 Å². The summed E-state index contributed by atoms with van der Waals surface area (Å²) >= 11 is 0. The summed E-state index contributed by atoms with van der Waals surface area (Å²) in [6, 6.07) is 10.7. The first-order valence-corrected chi connectivity index (χ1v) is 5.27. The Hall–Kier alpha value is -1.75. The van der Waals surface area contributed by atoms with E-state index >= 15 is 0 Å². The summed E-state index contributed by atoms with van der Waals surface area (Å²) in [6.07, 6.45) is 3.42. The Morgan fingerprint density at radius 1 is 1.28 bits per heavy atom. The van der Waals surface area contributed by atoms with Crippen LogP contribution in [0.4, 0.5) is 0 Å². The van der Waals surface area contributed by atoms with Gasteiger partial charge >= 0.3 is 0 Å². The highest BCUT2D eigenvalue weighted by molar-refractivity contribution is 5.95. The number of nitrogens with zero attached hydrogens (tertiary/aromatic N) is 2. The molecule has 1 aromatic carbocycles. The fourth-order valence-electron chi connectivity index (χ4n) is 1.47. The highest BCUT2D eigenvalue weighted by Crippen LogP contribution is 2.11. The van der Waals surface area contributed by atoms with E-state index in [2.05, 4.69) is 5.10 Å². The van der Waals surface area contributed by atoms with Crippen molar-refractivity contribution < 1.29 is 31.2 Å². The van der Waals surface area contributed by atoms with Crippen LogP contribution in [0.5, 0.6) is 5.75 Å². The number of methoxy groups -OCH3 is 1. The molecule has 0 saturated carbocycles. The molecule has 0 aliphatic heterocycles. The van der Waals surface area contributed by atoms with Crippen LogP contribution in [0.15, 0.2) is 48.8 Å². The van der Waals surface area contributed by atoms with Gasteiger partial charge in [0.25, 0.3) is 0 Å². The van der Waals surface area contributed by atoms with Crippen molar-refractivity contribution in [2.75, 3.05) is 7.11 Å². The number of ketones is 1. The van der Waals surface area contributed by atoms with Crippen molar-refractivity contribution in [2.24, 2.45) is 0 Å². The number of rotatable bonds is 4. The van der Waals surface area contributed by atoms with E-state index < -0.39 is 0 Å². The summed E-state index contributed by atoms with van der Waals surface area (Å²) in [5.74, 6) is 0.767. The summed E-state index contributed by atoms with van der Waals surface area (Å²) in [6.45, 7) is 0.243. The van der Waals surface area contributed by atoms with E-state index in [1.54, 1.807) is 48.5 Å². The lowest BCUT2D eigenvalue weighted by Gasteiger charge is -2.00. The molecule has 18 heavy (non-hydrogen) atoms. The second-order valence-electron chi connectivity index (χ2n) is 3.55. The zero-order valence-electron chi connectivity index (χ0n) is 9.91. The average molecular weight is 309 g/mol. The normalized spacial score (nSPS) is 9.39. The zero-order chi connectivity index (χ0) is 12.1. The summed E-state index contributed by atoms with van der Waals surface area (Å²) in [5, 5.41) is 4.05. The minimum absolute atomic E-state index is 0. The van der Waals surface area contributed by atoms with Crippen molar-refractivity contribution in [3.8, 4) is 5.75 Å². The molecule has 0 aliphatic rings. The first-order valence-electron chi connectivity index (χ1n) is 5.27. The first kappa shape index (κ1) is 14.3. The lowest BCUT2D eigenvalue weighted by Crippen LogP contribution is -3.00. The van der Waals surface area contributed by atoms with Gasteiger partial charge in [-0.1, -0.05) is 4.68 Å². The molecule has 0 bridgehead atoms. The van der Waals surface area contributed by atoms with Crippen LogP contribution in [0.1, 0.15) is 10.4 Å². The number of hydrogen-bond donors (Lipinski definition) is 0. The molecular formula is C13H13BrN2O2. The lowest BCUT2D eigenvalue weighted by molar-refractivity contribution is -0.741. The standard InChI is InChI=1S/C13H13N2O2.BrH/c1-17-12-6-4-11(5-7-12)13(16)10-15-9-3-2-8-14-15;/h2-9H,10H2,1H3;1H/q+1;/p-1. The van der Waals surface area contributed by atoms with Gasteiger partial charge in [0.2, 0.25) is 12.3 Å². The molecule has 1 aromatic heterocycles. The molecule has 2 aromatic rings. The van der Waals surface area contributed by atoms with Crippen molar-refractivity contribution in [2.45, 2.75) is 6.54 Å². The number of carbonyl (C=O) groups excluding carboxylic acids is 1. The molecule has 0 unspecified atom stereocenters. The third-order valence-electron chi connectivity index (χ3n) is 2.39. The molecule has 5 heteroatoms. The van der Waals surface area contributed by atoms with Gasteiger partial charge in [0.1, 0.15) is 5.75 Å². The Morgan fingerprint density at radius 2 is 2.00 bits per heavy atom. The van der Waals surface area contributed by atoms with Crippen molar-refractivity contribution in [1.29, 1.82) is 0 Å². The van der Waals surface area contributed by atoms with Crippen molar-refractivity contribution in [3.05, 3.63) is 54.4 Å². The molecular weight excluding hydrogens is 296 g/mol. The molecule has 0 radical (unpaired) electrons. The summed E-state index contributed by atoms with van der Waals surface area (Å²) in [4.78, 5) is 11.9. The predicted octanol–water partition coefficient (Wildman–Crippen LogP) is -1.74. The van der Waals surface area contributed by atoms with Gasteiger partial charge in [0.15, 0.2) is 6.20 Å². The molecule has 0 spiro atoms. The Morgan fingerprint density at radius 3 is 2.56 bits per heavy atom. The Balaban J connectivity index is 0.00000162. The monoisotopic (exact) mass is 308 g/mol. The molecule has 0 N–H and O–H groups in total. The maximum Gasteiger partial charge on any atom is 0.236 e. The Labute approximate surface area is 116 Å². The van der Waals surface area contributed by atoms with Crippen LogP contribution >= 0.6 is 0 Å². The minimum atomic E-state index is 0. The number of halogens is 1. The van der Waals surface area contributed by atoms with Crippen molar-refractivity contribution in [1.82, 2.24) is 5.10 Å². The molecule has 94 valence electrons. The largest absolute Gasteiger partial charge is 1.00 e. The minimum Gasteiger partial charge on any atom is -1.00 e. The van der Waals surface area contributed by atoms with E-state index in [4.69, 9.17) is 4.74 Å². The molecule has 0 atom stereocenters. The van der Waals surface area contributed by atoms with E-state index in [1.807, 2.05) is 12.1 Å². The number of carbonyl (C=O) groups is 1. The molecule has 4 nitrogen and oxygen atoms in total. The van der Waals surface area contributed by atoms with E-state index in [0.29, 0.717) is 5.56 Å². The maximum atomic E-state index is 11.9. The summed E-state index contributed by atoms with van der Waals surface area (Å²) in [7, 11) is 1.60. The fraction of sp³-hybridized carbons (Fsp3) is 0.154. The molecule has 1 heterocycles. The van der Waals surface area contributed by atoms with Crippen LogP contribution in [0.25, 0.3) is 0 Å². The smallest absolute Gasteiger partial charge is 0.236 e. The average Bonchev–Trinajstić information content (AvgIpc) is 2.40. The van der Waals surface area contributed by atoms with E-state index in [-0.39, 0.29) is 29.3 Å². The molecule has 2 rings (SSSR count). The summed E-state index contributed by atoms with van der Waals surface area (Å²) < 4.78 is 6.64. The molecule has 0 aliphatic carbocycles. The van der Waals surface area contributed by atoms with Gasteiger partial charge in [-0.15, -0.1) is 0 Å². The first-order chi connectivity index (χ1) is 8.29. The summed E-state index contributed by atoms with van der Waals surface area (Å²) in [5.41, 5.74) is 0.656. The zero-order valence-corrected chi connectivity index (χ0v) is 11.5. The number of hydrogen-bond acceptors (Lipinski definition) is 3. The van der Waals surface area contributed by atoms with Gasteiger partial charge in [-0.3, -0.25) is 4.79 Å². The number of benzene rings is 1. The van der Waals surface area contributed by atoms with Gasteiger partial charge in [-0.05, 0) is 35.4 Å². The second kappa shape index (κ2) is 6.86. The highest BCUT2D eigenvalue weighted by Gasteiger charge is 2.12. The fourth-order valence-corrected chi connectivity index (χ4v) is 1.47. The number of aromatic nitrogens is 2. The van der Waals surface area contributed by atoms with Crippen LogP contribution in [0.3, 0.4) is 0 Å². The van der Waals surface area contributed by atoms with Gasteiger partial charge in [-0.2, -0.15) is 0 Å². The predicted molar refractivity (Wildman–Crippen MR) is 61.8 cm³/mol. The third-order valence-corrected chi connectivity index (χ3v) is 2.39. The van der Waals surface area contributed by atoms with E-state index in [9.17, 15) is 4.79 Å². The van der Waals surface area contributed by atoms with Crippen molar-refractivity contribution >= 4 is 5.78 Å². The van der Waals surface area contributed by atoms with Gasteiger partial charge in [0.05, 0.1) is 13.3 Å². The van der Waals surface area contributed by atoms with Gasteiger partial charge in [-0.25, -0.2) is 0 Å². The highest BCUT2D eigenvalue weighted by atomic mass is 79.9. The molecule has 0 fully saturated rings. The van der Waals surface area contributed by atoms with Crippen LogP contribution in [-0.4, -0.2) is 18.0 Å². The SMILES string of the molecule is COc1ccc(C(=O)C[n+]2ccccn2)cc1.[Br-].